The molecule has 0 unspecified atom stereocenters. The van der Waals surface area contributed by atoms with E-state index in [0.717, 1.165) is 6.54 Å². The lowest BCUT2D eigenvalue weighted by atomic mass is 10.1. The highest BCUT2D eigenvalue weighted by atomic mass is 14.7. The van der Waals surface area contributed by atoms with Gasteiger partial charge in [0.05, 0.1) is 0 Å². The van der Waals surface area contributed by atoms with E-state index in [4.69, 9.17) is 0 Å². The smallest absolute Gasteiger partial charge is 0.0385 e. The van der Waals surface area contributed by atoms with Gasteiger partial charge in [0, 0.05) is 18.7 Å². The molecule has 0 atom stereocenters. The molecule has 0 saturated heterocycles. The molecule has 0 saturated carbocycles. The number of hydrogen-bond acceptors (Lipinski definition) is 1. The highest BCUT2D eigenvalue weighted by molar-refractivity contribution is 5.67. The summed E-state index contributed by atoms with van der Waals surface area (Å²) in [5, 5.41) is 0. The van der Waals surface area contributed by atoms with Crippen molar-refractivity contribution in [2.45, 2.75) is 71.1 Å². The second-order valence-electron chi connectivity index (χ2n) is 5.58. The molecule has 0 aromatic carbocycles. The maximum atomic E-state index is 4.49. The van der Waals surface area contributed by atoms with Crippen LogP contribution in [0.3, 0.4) is 0 Å². The molecule has 1 aliphatic rings. The van der Waals surface area contributed by atoms with Gasteiger partial charge in [0.2, 0.25) is 0 Å². The molecular formula is C18H31N. The van der Waals surface area contributed by atoms with Crippen molar-refractivity contribution in [1.29, 1.82) is 0 Å². The summed E-state index contributed by atoms with van der Waals surface area (Å²) in [5.41, 5.74) is 0. The van der Waals surface area contributed by atoms with Gasteiger partial charge in [-0.15, -0.1) is 0 Å². The minimum absolute atomic E-state index is 0.461. The fourth-order valence-electron chi connectivity index (χ4n) is 2.44. The van der Waals surface area contributed by atoms with Gasteiger partial charge in [-0.25, -0.2) is 0 Å². The minimum atomic E-state index is 0.461. The van der Waals surface area contributed by atoms with Crippen molar-refractivity contribution in [3.63, 3.8) is 0 Å². The molecule has 0 N–H and O–H groups in total. The molecule has 0 amide bonds. The van der Waals surface area contributed by atoms with E-state index in [-0.39, 0.29) is 0 Å². The quantitative estimate of drug-likeness (QED) is 0.315. The largest absolute Gasteiger partial charge is 0.297 e. The van der Waals surface area contributed by atoms with E-state index in [1.165, 1.54) is 64.2 Å². The van der Waals surface area contributed by atoms with E-state index in [9.17, 15) is 0 Å². The Bertz CT molecular complexity index is 263. The molecule has 0 heterocycles. The van der Waals surface area contributed by atoms with Gasteiger partial charge >= 0.3 is 0 Å². The molecule has 0 spiro atoms. The van der Waals surface area contributed by atoms with Crippen LogP contribution in [-0.2, 0) is 0 Å². The number of hydrogen-bond donors (Lipinski definition) is 0. The molecule has 0 aromatic heterocycles. The molecule has 1 nitrogen and oxygen atoms in total. The lowest BCUT2D eigenvalue weighted by Gasteiger charge is -2.01. The molecule has 0 radical (unpaired) electrons. The summed E-state index contributed by atoms with van der Waals surface area (Å²) in [6, 6.07) is 0. The summed E-state index contributed by atoms with van der Waals surface area (Å²) in [4.78, 5) is 4.49. The predicted molar refractivity (Wildman–Crippen MR) is 87.0 cm³/mol. The molecule has 19 heavy (non-hydrogen) atoms. The highest BCUT2D eigenvalue weighted by Crippen LogP contribution is 2.10. The van der Waals surface area contributed by atoms with E-state index in [1.54, 1.807) is 0 Å². The molecule has 1 rings (SSSR count). The molecule has 0 fully saturated rings. The molecule has 108 valence electrons. The lowest BCUT2D eigenvalue weighted by Crippen LogP contribution is -1.92. The van der Waals surface area contributed by atoms with Gasteiger partial charge in [-0.3, -0.25) is 4.99 Å². The average Bonchev–Trinajstić information content (AvgIpc) is 2.93. The van der Waals surface area contributed by atoms with E-state index in [2.05, 4.69) is 42.4 Å². The van der Waals surface area contributed by atoms with Crippen LogP contribution in [0.15, 0.2) is 29.3 Å². The Morgan fingerprint density at radius 1 is 0.789 bits per heavy atom. The van der Waals surface area contributed by atoms with Gasteiger partial charge in [0.25, 0.3) is 0 Å². The second kappa shape index (κ2) is 12.2. The van der Waals surface area contributed by atoms with Crippen LogP contribution in [0.2, 0.25) is 0 Å². The van der Waals surface area contributed by atoms with E-state index >= 15 is 0 Å². The van der Waals surface area contributed by atoms with Crippen LogP contribution in [0.5, 0.6) is 0 Å². The minimum Gasteiger partial charge on any atom is -0.297 e. The standard InChI is InChI=1S/C18H31N/c1-2-3-4-5-6-7-8-9-10-13-16-19-17-18-14-11-12-15-18/h11-12,14-15,17-18H,2-10,13,16H2,1H3. The van der Waals surface area contributed by atoms with Gasteiger partial charge < -0.3 is 0 Å². The normalized spacial score (nSPS) is 15.0. The monoisotopic (exact) mass is 261 g/mol. The van der Waals surface area contributed by atoms with Gasteiger partial charge in [0.1, 0.15) is 0 Å². The fraction of sp³-hybridized carbons (Fsp3) is 0.722. The van der Waals surface area contributed by atoms with Crippen molar-refractivity contribution >= 4 is 6.21 Å². The Morgan fingerprint density at radius 3 is 1.89 bits per heavy atom. The number of rotatable bonds is 12. The topological polar surface area (TPSA) is 12.4 Å². The predicted octanol–water partition coefficient (Wildman–Crippen LogP) is 5.72. The van der Waals surface area contributed by atoms with Crippen LogP contribution in [0, 0.1) is 5.92 Å². The van der Waals surface area contributed by atoms with Crippen LogP contribution in [0.4, 0.5) is 0 Å². The summed E-state index contributed by atoms with van der Waals surface area (Å²) < 4.78 is 0. The first-order valence-electron chi connectivity index (χ1n) is 8.28. The van der Waals surface area contributed by atoms with Gasteiger partial charge in [-0.1, -0.05) is 89.0 Å². The summed E-state index contributed by atoms with van der Waals surface area (Å²) in [6.07, 6.45) is 24.6. The second-order valence-corrected chi connectivity index (χ2v) is 5.58. The molecular weight excluding hydrogens is 230 g/mol. The zero-order chi connectivity index (χ0) is 13.6. The van der Waals surface area contributed by atoms with Gasteiger partial charge in [-0.2, -0.15) is 0 Å². The average molecular weight is 261 g/mol. The van der Waals surface area contributed by atoms with Gasteiger partial charge in [0.15, 0.2) is 0 Å². The Balaban J connectivity index is 1.76. The lowest BCUT2D eigenvalue weighted by molar-refractivity contribution is 0.558. The first-order valence-corrected chi connectivity index (χ1v) is 8.28. The van der Waals surface area contributed by atoms with Crippen molar-refractivity contribution in [1.82, 2.24) is 0 Å². The molecule has 0 aromatic rings. The summed E-state index contributed by atoms with van der Waals surface area (Å²) >= 11 is 0. The molecule has 1 heteroatoms. The van der Waals surface area contributed by atoms with Gasteiger partial charge in [-0.05, 0) is 6.42 Å². The number of unbranched alkanes of at least 4 members (excludes halogenated alkanes) is 9. The Hall–Kier alpha value is -0.850. The zero-order valence-corrected chi connectivity index (χ0v) is 12.7. The van der Waals surface area contributed by atoms with E-state index in [0.29, 0.717) is 5.92 Å². The third-order valence-electron chi connectivity index (χ3n) is 3.70. The highest BCUT2D eigenvalue weighted by Gasteiger charge is 1.97. The van der Waals surface area contributed by atoms with Crippen LogP contribution >= 0.6 is 0 Å². The third kappa shape index (κ3) is 9.69. The van der Waals surface area contributed by atoms with Crippen LogP contribution in [0.25, 0.3) is 0 Å². The van der Waals surface area contributed by atoms with Crippen LogP contribution in [-0.4, -0.2) is 12.8 Å². The maximum Gasteiger partial charge on any atom is 0.0385 e. The van der Waals surface area contributed by atoms with Crippen molar-refractivity contribution in [3.05, 3.63) is 24.3 Å². The van der Waals surface area contributed by atoms with Crippen LogP contribution < -0.4 is 0 Å². The summed E-state index contributed by atoms with van der Waals surface area (Å²) in [5.74, 6) is 0.461. The Kier molecular flexibility index (Phi) is 10.4. The first-order chi connectivity index (χ1) is 9.43. The maximum absolute atomic E-state index is 4.49. The van der Waals surface area contributed by atoms with Crippen molar-refractivity contribution in [2.24, 2.45) is 10.9 Å². The van der Waals surface area contributed by atoms with Crippen LogP contribution in [0.1, 0.15) is 71.1 Å². The molecule has 1 aliphatic carbocycles. The summed E-state index contributed by atoms with van der Waals surface area (Å²) in [7, 11) is 0. The zero-order valence-electron chi connectivity index (χ0n) is 12.7. The SMILES string of the molecule is CCCCCCCCCCCCN=CC1C=CC=C1. The number of nitrogens with zero attached hydrogens (tertiary/aromatic N) is 1. The van der Waals surface area contributed by atoms with Crippen molar-refractivity contribution in [3.8, 4) is 0 Å². The first kappa shape index (κ1) is 16.2. The third-order valence-corrected chi connectivity index (χ3v) is 3.70. The Morgan fingerprint density at radius 2 is 1.32 bits per heavy atom. The van der Waals surface area contributed by atoms with Crippen molar-refractivity contribution < 1.29 is 0 Å². The molecule has 0 aliphatic heterocycles. The number of aliphatic imine (C=N–C) groups is 1. The Labute approximate surface area is 119 Å². The number of allylic oxidation sites excluding steroid dienone is 4. The summed E-state index contributed by atoms with van der Waals surface area (Å²) in [6.45, 7) is 3.29. The van der Waals surface area contributed by atoms with Crippen molar-refractivity contribution in [2.75, 3.05) is 6.54 Å². The molecule has 0 bridgehead atoms. The van der Waals surface area contributed by atoms with E-state index in [1.807, 2.05) is 0 Å². The van der Waals surface area contributed by atoms with E-state index < -0.39 is 0 Å². The fourth-order valence-corrected chi connectivity index (χ4v) is 2.44.